The van der Waals surface area contributed by atoms with E-state index in [9.17, 15) is 15.0 Å². The fourth-order valence-corrected chi connectivity index (χ4v) is 4.73. The number of hydrogen-bond acceptors (Lipinski definition) is 4. The van der Waals surface area contributed by atoms with Crippen molar-refractivity contribution < 1.29 is 19.7 Å². The minimum atomic E-state index is -0.929. The molecule has 244 valence electrons. The normalized spacial score (nSPS) is 21.0. The zero-order valence-corrected chi connectivity index (χ0v) is 29.4. The van der Waals surface area contributed by atoms with Gasteiger partial charge in [0.05, 0.1) is 5.60 Å². The van der Waals surface area contributed by atoms with Crippen molar-refractivity contribution in [1.82, 2.24) is 0 Å². The summed E-state index contributed by atoms with van der Waals surface area (Å²) in [6.07, 6.45) is 33.7. The van der Waals surface area contributed by atoms with Gasteiger partial charge in [-0.3, -0.25) is 4.79 Å². The Balaban J connectivity index is 2.68. The second-order valence-electron chi connectivity index (χ2n) is 13.0. The molecule has 0 bridgehead atoms. The summed E-state index contributed by atoms with van der Waals surface area (Å²) in [7, 11) is 1.60. The van der Waals surface area contributed by atoms with E-state index in [1.54, 1.807) is 27.9 Å². The summed E-state index contributed by atoms with van der Waals surface area (Å²) >= 11 is 0. The highest BCUT2D eigenvalue weighted by molar-refractivity contribution is 6.00. The zero-order chi connectivity index (χ0) is 34.2. The molecule has 2 atom stereocenters. The van der Waals surface area contributed by atoms with Crippen molar-refractivity contribution in [2.75, 3.05) is 7.11 Å². The number of methoxy groups -OCH3 is 1. The smallest absolute Gasteiger partial charge is 0.187 e. The number of aliphatic hydroxyl groups is 2. The van der Waals surface area contributed by atoms with Crippen molar-refractivity contribution in [3.05, 3.63) is 142 Å². The highest BCUT2D eigenvalue weighted by Gasteiger charge is 2.36. The van der Waals surface area contributed by atoms with Gasteiger partial charge in [-0.25, -0.2) is 0 Å². The van der Waals surface area contributed by atoms with Gasteiger partial charge in [0.15, 0.2) is 5.78 Å². The molecule has 0 aromatic rings. The zero-order valence-electron chi connectivity index (χ0n) is 29.4. The van der Waals surface area contributed by atoms with E-state index in [0.29, 0.717) is 12.0 Å². The molecule has 0 saturated carbocycles. The number of ketones is 1. The Morgan fingerprint density at radius 2 is 1.18 bits per heavy atom. The van der Waals surface area contributed by atoms with Gasteiger partial charge in [-0.2, -0.15) is 0 Å². The molecule has 1 aliphatic carbocycles. The number of aliphatic hydroxyl groups excluding tert-OH is 1. The van der Waals surface area contributed by atoms with Gasteiger partial charge in [0.25, 0.3) is 0 Å². The molecule has 0 aromatic heterocycles. The number of carbonyl (C=O) groups excluding carboxylic acids is 1. The van der Waals surface area contributed by atoms with Gasteiger partial charge < -0.3 is 14.9 Å². The van der Waals surface area contributed by atoms with Gasteiger partial charge in [0, 0.05) is 7.11 Å². The molecule has 0 aliphatic heterocycles. The van der Waals surface area contributed by atoms with Crippen LogP contribution in [0.5, 0.6) is 0 Å². The van der Waals surface area contributed by atoms with Crippen LogP contribution < -0.4 is 0 Å². The maximum absolute atomic E-state index is 12.2. The van der Waals surface area contributed by atoms with Crippen LogP contribution in [0.4, 0.5) is 0 Å². The number of Topliss-reactive ketones (excluding diaryl/α,β-unsaturated/α-hetero) is 1. The maximum atomic E-state index is 12.2. The fraction of sp³-hybridized carbons (Fsp3) is 0.390. The standard InChI is InChI=1S/C41H56O4/c1-30(19-14-21-32(3)22-16-24-34(5)26-28-38(45-11)41(9,10)44)17-12-13-18-31(2)20-15-23-33(4)25-27-36-35(6)39(43)37(42)29-40(36,7)8/h12-28,37-38,42,44H,29H2,1-11H3/b13-12+,19-14+,20-15+,22-16+,27-25+,28-26+,30-17+,31-18+,32-21+,33-23+,34-24+/t37-,38-/m0/s1. The number of allylic oxidation sites excluding steroid dienone is 22. The minimum Gasteiger partial charge on any atom is -0.387 e. The molecule has 0 saturated heterocycles. The second kappa shape index (κ2) is 19.1. The summed E-state index contributed by atoms with van der Waals surface area (Å²) in [6.45, 7) is 19.6. The van der Waals surface area contributed by atoms with E-state index in [0.717, 1.165) is 33.4 Å². The molecule has 0 heterocycles. The first-order valence-corrected chi connectivity index (χ1v) is 15.6. The summed E-state index contributed by atoms with van der Waals surface area (Å²) < 4.78 is 5.34. The lowest BCUT2D eigenvalue weighted by Gasteiger charge is -2.34. The van der Waals surface area contributed by atoms with Gasteiger partial charge in [0.1, 0.15) is 12.2 Å². The Morgan fingerprint density at radius 3 is 1.60 bits per heavy atom. The van der Waals surface area contributed by atoms with E-state index < -0.39 is 11.7 Å². The summed E-state index contributed by atoms with van der Waals surface area (Å²) in [5.41, 5.74) is 6.04. The van der Waals surface area contributed by atoms with E-state index in [-0.39, 0.29) is 17.3 Å². The maximum Gasteiger partial charge on any atom is 0.187 e. The van der Waals surface area contributed by atoms with Crippen molar-refractivity contribution in [2.24, 2.45) is 5.41 Å². The second-order valence-corrected chi connectivity index (χ2v) is 13.0. The fourth-order valence-electron chi connectivity index (χ4n) is 4.73. The van der Waals surface area contributed by atoms with Gasteiger partial charge >= 0.3 is 0 Å². The molecule has 0 aromatic carbocycles. The predicted octanol–water partition coefficient (Wildman–Crippen LogP) is 9.52. The molecule has 0 fully saturated rings. The summed E-state index contributed by atoms with van der Waals surface area (Å²) in [4.78, 5) is 12.2. The van der Waals surface area contributed by atoms with Crippen molar-refractivity contribution >= 4 is 5.78 Å². The number of carbonyl (C=O) groups is 1. The summed E-state index contributed by atoms with van der Waals surface area (Å²) in [5.74, 6) is -0.170. The molecule has 0 spiro atoms. The number of hydrogen-bond donors (Lipinski definition) is 2. The molecular weight excluding hydrogens is 556 g/mol. The SMILES string of the molecule is CO[C@@H](/C=C/C(C)=C/C=C/C(C)=C/C=C/C(C)=C/C=C/C=C(C)/C=C/C=C(C)/C=C/C1=C(C)C(=O)[C@@H](O)CC1(C)C)C(C)(C)O. The molecule has 0 amide bonds. The lowest BCUT2D eigenvalue weighted by Crippen LogP contribution is -2.35. The quantitative estimate of drug-likeness (QED) is 0.192. The third-order valence-electron chi connectivity index (χ3n) is 7.49. The Kier molecular flexibility index (Phi) is 16.7. The molecule has 4 nitrogen and oxygen atoms in total. The molecule has 0 radical (unpaired) electrons. The Labute approximate surface area is 273 Å². The molecule has 2 N–H and O–H groups in total. The van der Waals surface area contributed by atoms with E-state index in [2.05, 4.69) is 71.1 Å². The molecule has 1 aliphatic rings. The molecule has 1 rings (SSSR count). The van der Waals surface area contributed by atoms with Crippen LogP contribution in [0.1, 0.15) is 75.7 Å². The van der Waals surface area contributed by atoms with Gasteiger partial charge in [-0.1, -0.05) is 145 Å². The van der Waals surface area contributed by atoms with E-state index in [4.69, 9.17) is 4.74 Å². The summed E-state index contributed by atoms with van der Waals surface area (Å²) in [6, 6.07) is 0. The van der Waals surface area contributed by atoms with E-state index >= 15 is 0 Å². The summed E-state index contributed by atoms with van der Waals surface area (Å²) in [5, 5.41) is 20.1. The molecule has 4 heteroatoms. The Hall–Kier alpha value is -3.57. The number of rotatable bonds is 14. The van der Waals surface area contributed by atoms with Crippen LogP contribution >= 0.6 is 0 Å². The van der Waals surface area contributed by atoms with E-state index in [1.165, 1.54) is 0 Å². The third-order valence-corrected chi connectivity index (χ3v) is 7.49. The largest absolute Gasteiger partial charge is 0.387 e. The van der Waals surface area contributed by atoms with Crippen molar-refractivity contribution in [1.29, 1.82) is 0 Å². The van der Waals surface area contributed by atoms with Crippen LogP contribution in [0.15, 0.2) is 142 Å². The molecule has 0 unspecified atom stereocenters. The predicted molar refractivity (Wildman–Crippen MR) is 193 cm³/mol. The van der Waals surface area contributed by atoms with Crippen LogP contribution in [0.25, 0.3) is 0 Å². The average molecular weight is 613 g/mol. The van der Waals surface area contributed by atoms with Gasteiger partial charge in [-0.05, 0) is 78.4 Å². The van der Waals surface area contributed by atoms with Gasteiger partial charge in [0.2, 0.25) is 0 Å². The Morgan fingerprint density at radius 1 is 0.778 bits per heavy atom. The van der Waals surface area contributed by atoms with Crippen molar-refractivity contribution in [3.63, 3.8) is 0 Å². The van der Waals surface area contributed by atoms with Crippen molar-refractivity contribution in [2.45, 2.75) is 93.5 Å². The lowest BCUT2D eigenvalue weighted by atomic mass is 9.71. The topological polar surface area (TPSA) is 66.8 Å². The van der Waals surface area contributed by atoms with Crippen LogP contribution in [-0.4, -0.2) is 40.9 Å². The third kappa shape index (κ3) is 15.3. The van der Waals surface area contributed by atoms with Crippen LogP contribution in [0, 0.1) is 5.41 Å². The van der Waals surface area contributed by atoms with Crippen molar-refractivity contribution in [3.8, 4) is 0 Å². The lowest BCUT2D eigenvalue weighted by molar-refractivity contribution is -0.125. The molecule has 45 heavy (non-hydrogen) atoms. The van der Waals surface area contributed by atoms with Gasteiger partial charge in [-0.15, -0.1) is 0 Å². The van der Waals surface area contributed by atoms with Crippen LogP contribution in [-0.2, 0) is 9.53 Å². The van der Waals surface area contributed by atoms with Crippen LogP contribution in [0.2, 0.25) is 0 Å². The first-order valence-electron chi connectivity index (χ1n) is 15.6. The first kappa shape index (κ1) is 39.5. The average Bonchev–Trinajstić information content (AvgIpc) is 2.93. The minimum absolute atomic E-state index is 0.170. The highest BCUT2D eigenvalue weighted by atomic mass is 16.5. The number of ether oxygens (including phenoxy) is 1. The Bertz CT molecular complexity index is 1380. The monoisotopic (exact) mass is 612 g/mol. The highest BCUT2D eigenvalue weighted by Crippen LogP contribution is 2.39. The molecular formula is C41H56O4. The first-order chi connectivity index (χ1) is 21.0. The van der Waals surface area contributed by atoms with E-state index in [1.807, 2.05) is 80.7 Å². The van der Waals surface area contributed by atoms with Crippen LogP contribution in [0.3, 0.4) is 0 Å².